The van der Waals surface area contributed by atoms with E-state index in [1.54, 1.807) is 18.2 Å². The first-order chi connectivity index (χ1) is 23.6. The van der Waals surface area contributed by atoms with Gasteiger partial charge >= 0.3 is 0 Å². The van der Waals surface area contributed by atoms with Crippen LogP contribution in [0.5, 0.6) is 0 Å². The molecule has 0 saturated heterocycles. The number of nitrogens with zero attached hydrogens (tertiary/aromatic N) is 6. The van der Waals surface area contributed by atoms with Gasteiger partial charge in [0.15, 0.2) is 0 Å². The minimum atomic E-state index is 0.387. The molecule has 8 aromatic rings. The average Bonchev–Trinajstić information content (AvgIpc) is 3.17. The van der Waals surface area contributed by atoms with Crippen molar-refractivity contribution in [2.45, 2.75) is 0 Å². The van der Waals surface area contributed by atoms with Crippen molar-refractivity contribution in [1.82, 2.24) is 15.0 Å². The summed E-state index contributed by atoms with van der Waals surface area (Å²) in [5, 5.41) is 31.9. The Morgan fingerprint density at radius 3 is 1.56 bits per heavy atom. The molecule has 0 aliphatic carbocycles. The Morgan fingerprint density at radius 2 is 0.938 bits per heavy atom. The average molecular weight is 611 g/mol. The van der Waals surface area contributed by atoms with Crippen LogP contribution in [0.15, 0.2) is 133 Å². The van der Waals surface area contributed by atoms with Crippen LogP contribution in [0, 0.1) is 34.0 Å². The zero-order chi connectivity index (χ0) is 32.6. The Bertz CT molecular complexity index is 2650. The van der Waals surface area contributed by atoms with E-state index in [0.29, 0.717) is 33.4 Å². The van der Waals surface area contributed by atoms with Gasteiger partial charge < -0.3 is 0 Å². The number of pyridine rings is 1. The Kier molecular flexibility index (Phi) is 6.85. The van der Waals surface area contributed by atoms with Crippen LogP contribution in [0.25, 0.3) is 77.6 Å². The van der Waals surface area contributed by atoms with Gasteiger partial charge in [0.2, 0.25) is 0 Å². The molecule has 0 fully saturated rings. The maximum absolute atomic E-state index is 9.91. The molecule has 220 valence electrons. The van der Waals surface area contributed by atoms with Crippen molar-refractivity contribution >= 4 is 32.7 Å². The molecule has 0 bridgehead atoms. The summed E-state index contributed by atoms with van der Waals surface area (Å²) < 4.78 is 0. The summed E-state index contributed by atoms with van der Waals surface area (Å²) in [7, 11) is 0. The third kappa shape index (κ3) is 4.77. The molecule has 0 aliphatic rings. The Morgan fingerprint density at radius 1 is 0.396 bits per heavy atom. The van der Waals surface area contributed by atoms with Crippen molar-refractivity contribution in [3.8, 4) is 63.1 Å². The fourth-order valence-electron chi connectivity index (χ4n) is 6.31. The highest BCUT2D eigenvalue weighted by molar-refractivity contribution is 6.25. The molecular formula is C42H22N6. The molecule has 0 spiro atoms. The molecule has 6 aromatic carbocycles. The molecule has 6 nitrogen and oxygen atoms in total. The van der Waals surface area contributed by atoms with E-state index in [1.807, 2.05) is 115 Å². The van der Waals surface area contributed by atoms with E-state index < -0.39 is 0 Å². The van der Waals surface area contributed by atoms with Crippen LogP contribution < -0.4 is 0 Å². The van der Waals surface area contributed by atoms with E-state index in [-0.39, 0.29) is 0 Å². The summed E-state index contributed by atoms with van der Waals surface area (Å²) in [5.41, 5.74) is 9.77. The summed E-state index contributed by atoms with van der Waals surface area (Å²) in [6.45, 7) is 0. The fourth-order valence-corrected chi connectivity index (χ4v) is 6.31. The lowest BCUT2D eigenvalue weighted by Gasteiger charge is -2.18. The van der Waals surface area contributed by atoms with Crippen molar-refractivity contribution in [1.29, 1.82) is 15.8 Å². The molecule has 0 saturated carbocycles. The molecule has 2 heterocycles. The predicted octanol–water partition coefficient (Wildman–Crippen LogP) is 9.61. The number of nitriles is 3. The lowest BCUT2D eigenvalue weighted by Crippen LogP contribution is -2.00. The minimum Gasteiger partial charge on any atom is -0.247 e. The fraction of sp³-hybridized carbons (Fsp3) is 0. The van der Waals surface area contributed by atoms with Gasteiger partial charge in [-0.25, -0.2) is 15.0 Å². The monoisotopic (exact) mass is 610 g/mol. The summed E-state index contributed by atoms with van der Waals surface area (Å²) in [4.78, 5) is 16.0. The summed E-state index contributed by atoms with van der Waals surface area (Å²) in [6.07, 6.45) is 0. The predicted molar refractivity (Wildman–Crippen MR) is 188 cm³/mol. The van der Waals surface area contributed by atoms with Crippen LogP contribution in [-0.4, -0.2) is 15.0 Å². The van der Waals surface area contributed by atoms with Gasteiger partial charge in [0, 0.05) is 32.8 Å². The quantitative estimate of drug-likeness (QED) is 0.184. The van der Waals surface area contributed by atoms with Gasteiger partial charge in [-0.15, -0.1) is 0 Å². The summed E-state index contributed by atoms with van der Waals surface area (Å²) in [5.74, 6) is 0. The second-order valence-electron chi connectivity index (χ2n) is 11.4. The van der Waals surface area contributed by atoms with E-state index in [4.69, 9.17) is 15.0 Å². The number of rotatable bonds is 4. The van der Waals surface area contributed by atoms with Gasteiger partial charge in [0.1, 0.15) is 0 Å². The van der Waals surface area contributed by atoms with Gasteiger partial charge in [-0.05, 0) is 53.6 Å². The summed E-state index contributed by atoms with van der Waals surface area (Å²) in [6, 6.07) is 49.2. The minimum absolute atomic E-state index is 0.387. The number of hydrogen-bond acceptors (Lipinski definition) is 6. The molecule has 0 radical (unpaired) electrons. The molecule has 0 amide bonds. The Labute approximate surface area is 276 Å². The first-order valence-electron chi connectivity index (χ1n) is 15.3. The zero-order valence-corrected chi connectivity index (χ0v) is 25.4. The highest BCUT2D eigenvalue weighted by Gasteiger charge is 2.22. The first-order valence-corrected chi connectivity index (χ1v) is 15.3. The largest absolute Gasteiger partial charge is 0.247 e. The third-order valence-electron chi connectivity index (χ3n) is 8.49. The highest BCUT2D eigenvalue weighted by Crippen LogP contribution is 2.44. The van der Waals surface area contributed by atoms with Crippen LogP contribution in [0.2, 0.25) is 0 Å². The topological polar surface area (TPSA) is 110 Å². The van der Waals surface area contributed by atoms with E-state index in [9.17, 15) is 15.8 Å². The van der Waals surface area contributed by atoms with Crippen LogP contribution in [0.1, 0.15) is 16.7 Å². The molecular weight excluding hydrogens is 589 g/mol. The lowest BCUT2D eigenvalue weighted by atomic mass is 9.90. The second kappa shape index (κ2) is 11.6. The van der Waals surface area contributed by atoms with Gasteiger partial charge in [-0.1, -0.05) is 91.0 Å². The molecule has 2 aromatic heterocycles. The van der Waals surface area contributed by atoms with E-state index >= 15 is 0 Å². The number of hydrogen-bond donors (Lipinski definition) is 0. The van der Waals surface area contributed by atoms with Crippen LogP contribution in [-0.2, 0) is 0 Å². The number of benzene rings is 6. The molecule has 0 atom stereocenters. The van der Waals surface area contributed by atoms with Crippen molar-refractivity contribution < 1.29 is 0 Å². The summed E-state index contributed by atoms with van der Waals surface area (Å²) >= 11 is 0. The van der Waals surface area contributed by atoms with Crippen molar-refractivity contribution in [2.75, 3.05) is 0 Å². The lowest BCUT2D eigenvalue weighted by molar-refractivity contribution is 1.30. The van der Waals surface area contributed by atoms with Crippen LogP contribution in [0.3, 0.4) is 0 Å². The number of fused-ring (bicyclic) bond motifs is 5. The molecule has 8 rings (SSSR count). The first kappa shape index (κ1) is 28.3. The normalized spacial score (nSPS) is 10.9. The van der Waals surface area contributed by atoms with E-state index in [0.717, 1.165) is 60.9 Å². The van der Waals surface area contributed by atoms with Gasteiger partial charge in [0.25, 0.3) is 0 Å². The number of aromatic nitrogens is 3. The standard InChI is InChI=1S/C42H22N6/c43-23-26-15-17-31(18-16-26)39-38-37(33-13-7-8-14-35(33)46-39)34(32-20-27(24-44)19-28(21-32)25-45)22-36-42(38)48-41(30-11-5-2-6-12-30)40(47-36)29-9-3-1-4-10-29/h1-22H. The molecule has 48 heavy (non-hydrogen) atoms. The van der Waals surface area contributed by atoms with Crippen LogP contribution >= 0.6 is 0 Å². The molecule has 6 heteroatoms. The Balaban J connectivity index is 1.61. The van der Waals surface area contributed by atoms with Crippen molar-refractivity contribution in [3.63, 3.8) is 0 Å². The van der Waals surface area contributed by atoms with Gasteiger partial charge in [0.05, 0.1) is 68.5 Å². The zero-order valence-electron chi connectivity index (χ0n) is 25.4. The van der Waals surface area contributed by atoms with E-state index in [2.05, 4.69) is 18.2 Å². The van der Waals surface area contributed by atoms with Gasteiger partial charge in [-0.2, -0.15) is 15.8 Å². The smallest absolute Gasteiger partial charge is 0.0995 e. The maximum Gasteiger partial charge on any atom is 0.0995 e. The Hall–Kier alpha value is -7.20. The van der Waals surface area contributed by atoms with Gasteiger partial charge in [-0.3, -0.25) is 0 Å². The number of para-hydroxylation sites is 1. The SMILES string of the molecule is N#Cc1ccc(-c2nc3ccccc3c3c(-c4cc(C#N)cc(C#N)c4)cc4nc(-c5ccccc5)c(-c5ccccc5)nc4c23)cc1. The maximum atomic E-state index is 9.91. The van der Waals surface area contributed by atoms with Crippen molar-refractivity contribution in [2.24, 2.45) is 0 Å². The highest BCUT2D eigenvalue weighted by atomic mass is 14.8. The van der Waals surface area contributed by atoms with Crippen molar-refractivity contribution in [3.05, 3.63) is 150 Å². The van der Waals surface area contributed by atoms with E-state index in [1.165, 1.54) is 0 Å². The molecule has 0 N–H and O–H groups in total. The van der Waals surface area contributed by atoms with Crippen LogP contribution in [0.4, 0.5) is 0 Å². The third-order valence-corrected chi connectivity index (χ3v) is 8.49. The molecule has 0 unspecified atom stereocenters. The second-order valence-corrected chi connectivity index (χ2v) is 11.4. The molecule has 0 aliphatic heterocycles.